The van der Waals surface area contributed by atoms with Crippen LogP contribution in [0.15, 0.2) is 21.8 Å². The van der Waals surface area contributed by atoms with E-state index < -0.39 is 5.82 Å². The second kappa shape index (κ2) is 8.76. The zero-order valence-corrected chi connectivity index (χ0v) is 12.8. The third-order valence-corrected chi connectivity index (χ3v) is 3.33. The number of benzene rings is 1. The summed E-state index contributed by atoms with van der Waals surface area (Å²) in [7, 11) is 0. The molecule has 0 atom stereocenters. The highest BCUT2D eigenvalue weighted by atomic mass is 79.9. The van der Waals surface area contributed by atoms with Gasteiger partial charge in [-0.25, -0.2) is 4.39 Å². The third kappa shape index (κ3) is 4.64. The molecule has 0 radical (unpaired) electrons. The molecular weight excluding hydrogens is 331 g/mol. The van der Waals surface area contributed by atoms with Crippen LogP contribution in [0.4, 0.5) is 4.39 Å². The standard InChI is InChI=1S/C13H18BrFN2O3/c1-2-3-6-19-7-8-20-10-5-4-9(13(16)17-18)11(14)12(10)15/h4-5,18H,2-3,6-8H2,1H3,(H2,16,17). The highest BCUT2D eigenvalue weighted by molar-refractivity contribution is 9.10. The summed E-state index contributed by atoms with van der Waals surface area (Å²) in [6.45, 7) is 3.42. The van der Waals surface area contributed by atoms with Gasteiger partial charge in [-0.15, -0.1) is 0 Å². The van der Waals surface area contributed by atoms with Crippen LogP contribution in [0.2, 0.25) is 0 Å². The summed E-state index contributed by atoms with van der Waals surface area (Å²) in [6, 6.07) is 2.94. The Morgan fingerprint density at radius 3 is 2.80 bits per heavy atom. The number of hydrogen-bond donors (Lipinski definition) is 2. The molecular formula is C13H18BrFN2O3. The van der Waals surface area contributed by atoms with E-state index in [-0.39, 0.29) is 28.2 Å². The molecule has 0 spiro atoms. The summed E-state index contributed by atoms with van der Waals surface area (Å²) in [5, 5.41) is 11.4. The molecule has 1 aromatic carbocycles. The Morgan fingerprint density at radius 1 is 1.40 bits per heavy atom. The molecule has 1 aromatic rings. The lowest BCUT2D eigenvalue weighted by atomic mass is 10.2. The largest absolute Gasteiger partial charge is 0.488 e. The number of hydrogen-bond acceptors (Lipinski definition) is 4. The zero-order chi connectivity index (χ0) is 15.0. The fourth-order valence-corrected chi connectivity index (χ4v) is 1.98. The SMILES string of the molecule is CCCCOCCOc1ccc(/C(N)=N/O)c(Br)c1F. The molecule has 7 heteroatoms. The molecule has 0 heterocycles. The molecule has 0 saturated heterocycles. The van der Waals surface area contributed by atoms with Gasteiger partial charge in [-0.3, -0.25) is 0 Å². The lowest BCUT2D eigenvalue weighted by Gasteiger charge is -2.10. The Morgan fingerprint density at radius 2 is 2.15 bits per heavy atom. The van der Waals surface area contributed by atoms with Crippen molar-refractivity contribution in [1.29, 1.82) is 0 Å². The van der Waals surface area contributed by atoms with E-state index in [2.05, 4.69) is 28.0 Å². The maximum Gasteiger partial charge on any atom is 0.179 e. The van der Waals surface area contributed by atoms with Gasteiger partial charge in [0.25, 0.3) is 0 Å². The lowest BCUT2D eigenvalue weighted by Crippen LogP contribution is -2.15. The van der Waals surface area contributed by atoms with E-state index in [0.717, 1.165) is 12.8 Å². The Hall–Kier alpha value is -1.34. The quantitative estimate of drug-likeness (QED) is 0.249. The van der Waals surface area contributed by atoms with E-state index >= 15 is 0 Å². The van der Waals surface area contributed by atoms with Crippen LogP contribution >= 0.6 is 15.9 Å². The van der Waals surface area contributed by atoms with Crippen LogP contribution in [-0.2, 0) is 4.74 Å². The van der Waals surface area contributed by atoms with Crippen molar-refractivity contribution in [2.45, 2.75) is 19.8 Å². The molecule has 0 saturated carbocycles. The van der Waals surface area contributed by atoms with E-state index in [1.807, 2.05) is 0 Å². The number of amidine groups is 1. The van der Waals surface area contributed by atoms with Gasteiger partial charge in [-0.05, 0) is 34.5 Å². The first-order valence-corrected chi connectivity index (χ1v) is 7.07. The van der Waals surface area contributed by atoms with Gasteiger partial charge in [-0.2, -0.15) is 0 Å². The first-order chi connectivity index (χ1) is 9.61. The van der Waals surface area contributed by atoms with Crippen LogP contribution in [-0.4, -0.2) is 30.9 Å². The Kier molecular flexibility index (Phi) is 7.32. The summed E-state index contributed by atoms with van der Waals surface area (Å²) < 4.78 is 24.7. The molecule has 0 aliphatic heterocycles. The minimum absolute atomic E-state index is 0.0884. The topological polar surface area (TPSA) is 77.1 Å². The van der Waals surface area contributed by atoms with Gasteiger partial charge < -0.3 is 20.4 Å². The molecule has 112 valence electrons. The minimum atomic E-state index is -0.595. The van der Waals surface area contributed by atoms with Crippen molar-refractivity contribution in [3.63, 3.8) is 0 Å². The van der Waals surface area contributed by atoms with Crippen LogP contribution in [0.3, 0.4) is 0 Å². The van der Waals surface area contributed by atoms with Crippen LogP contribution in [0.5, 0.6) is 5.75 Å². The molecule has 0 unspecified atom stereocenters. The molecule has 0 bridgehead atoms. The van der Waals surface area contributed by atoms with E-state index in [4.69, 9.17) is 20.4 Å². The number of halogens is 2. The number of unbranched alkanes of at least 4 members (excludes halogenated alkanes) is 1. The van der Waals surface area contributed by atoms with Gasteiger partial charge in [0.05, 0.1) is 11.1 Å². The normalized spacial score (nSPS) is 11.7. The first-order valence-electron chi connectivity index (χ1n) is 6.28. The molecule has 20 heavy (non-hydrogen) atoms. The summed E-state index contributed by atoms with van der Waals surface area (Å²) in [6.07, 6.45) is 2.06. The highest BCUT2D eigenvalue weighted by Gasteiger charge is 2.14. The smallest absolute Gasteiger partial charge is 0.179 e. The van der Waals surface area contributed by atoms with Gasteiger partial charge in [-0.1, -0.05) is 18.5 Å². The summed E-state index contributed by atoms with van der Waals surface area (Å²) in [5.74, 6) is -0.682. The van der Waals surface area contributed by atoms with Gasteiger partial charge in [0, 0.05) is 12.2 Å². The summed E-state index contributed by atoms with van der Waals surface area (Å²) in [4.78, 5) is 0. The first kappa shape index (κ1) is 16.7. The van der Waals surface area contributed by atoms with E-state index in [9.17, 15) is 4.39 Å². The van der Waals surface area contributed by atoms with Crippen molar-refractivity contribution in [3.05, 3.63) is 28.0 Å². The lowest BCUT2D eigenvalue weighted by molar-refractivity contribution is 0.0966. The number of ether oxygens (including phenoxy) is 2. The van der Waals surface area contributed by atoms with Crippen LogP contribution in [0.1, 0.15) is 25.3 Å². The molecule has 1 rings (SSSR count). The molecule has 3 N–H and O–H groups in total. The van der Waals surface area contributed by atoms with Crippen molar-refractivity contribution in [2.24, 2.45) is 10.9 Å². The fourth-order valence-electron chi connectivity index (χ4n) is 1.45. The minimum Gasteiger partial charge on any atom is -0.488 e. The van der Waals surface area contributed by atoms with Crippen molar-refractivity contribution in [1.82, 2.24) is 0 Å². The summed E-state index contributed by atoms with van der Waals surface area (Å²) >= 11 is 3.06. The highest BCUT2D eigenvalue weighted by Crippen LogP contribution is 2.28. The molecule has 0 aromatic heterocycles. The van der Waals surface area contributed by atoms with Crippen LogP contribution in [0, 0.1) is 5.82 Å². The van der Waals surface area contributed by atoms with Crippen molar-refractivity contribution < 1.29 is 19.1 Å². The zero-order valence-electron chi connectivity index (χ0n) is 11.2. The fraction of sp³-hybridized carbons (Fsp3) is 0.462. The number of oxime groups is 1. The van der Waals surface area contributed by atoms with E-state index in [1.54, 1.807) is 0 Å². The van der Waals surface area contributed by atoms with Gasteiger partial charge in [0.1, 0.15) is 6.61 Å². The molecule has 0 amide bonds. The maximum absolute atomic E-state index is 14.0. The van der Waals surface area contributed by atoms with E-state index in [1.165, 1.54) is 12.1 Å². The van der Waals surface area contributed by atoms with Gasteiger partial charge in [0.2, 0.25) is 0 Å². The average molecular weight is 349 g/mol. The average Bonchev–Trinajstić information content (AvgIpc) is 2.46. The van der Waals surface area contributed by atoms with Gasteiger partial charge >= 0.3 is 0 Å². The predicted molar refractivity (Wildman–Crippen MR) is 77.8 cm³/mol. The van der Waals surface area contributed by atoms with Crippen molar-refractivity contribution >= 4 is 21.8 Å². The summed E-state index contributed by atoms with van der Waals surface area (Å²) in [5.41, 5.74) is 5.69. The second-order valence-electron chi connectivity index (χ2n) is 4.04. The molecule has 0 aliphatic rings. The van der Waals surface area contributed by atoms with Crippen LogP contribution in [0.25, 0.3) is 0 Å². The van der Waals surface area contributed by atoms with Crippen molar-refractivity contribution in [2.75, 3.05) is 19.8 Å². The monoisotopic (exact) mass is 348 g/mol. The number of nitrogens with two attached hydrogens (primary N) is 1. The van der Waals surface area contributed by atoms with Crippen LogP contribution < -0.4 is 10.5 Å². The third-order valence-electron chi connectivity index (χ3n) is 2.56. The predicted octanol–water partition coefficient (Wildman–Crippen LogP) is 2.88. The number of rotatable bonds is 8. The number of nitrogens with zero attached hydrogens (tertiary/aromatic N) is 1. The van der Waals surface area contributed by atoms with E-state index in [0.29, 0.717) is 13.2 Å². The Bertz CT molecular complexity index is 469. The maximum atomic E-state index is 14.0. The van der Waals surface area contributed by atoms with Gasteiger partial charge in [0.15, 0.2) is 17.4 Å². The Labute approximate surface area is 125 Å². The van der Waals surface area contributed by atoms with Crippen molar-refractivity contribution in [3.8, 4) is 5.75 Å². The molecule has 0 aliphatic carbocycles. The molecule has 0 fully saturated rings. The molecule has 5 nitrogen and oxygen atoms in total. The Balaban J connectivity index is 2.58. The second-order valence-corrected chi connectivity index (χ2v) is 4.83.